The Morgan fingerprint density at radius 2 is 1.62 bits per heavy atom. The number of carbonyl (C=O) groups excluding carboxylic acids is 2. The molecule has 2 amide bonds. The molecule has 0 atom stereocenters. The lowest BCUT2D eigenvalue weighted by Crippen LogP contribution is -2.29. The van der Waals surface area contributed by atoms with Crippen LogP contribution in [0.3, 0.4) is 0 Å². The third-order valence-corrected chi connectivity index (χ3v) is 4.31. The summed E-state index contributed by atoms with van der Waals surface area (Å²) in [5, 5.41) is 7.41. The molecule has 0 radical (unpaired) electrons. The normalized spacial score (nSPS) is 11.1. The van der Waals surface area contributed by atoms with Gasteiger partial charge in [0.05, 0.1) is 14.2 Å². The van der Waals surface area contributed by atoms with Gasteiger partial charge in [-0.25, -0.2) is 0 Å². The lowest BCUT2D eigenvalue weighted by molar-refractivity contribution is -0.120. The van der Waals surface area contributed by atoms with Gasteiger partial charge in [-0.2, -0.15) is 0 Å². The van der Waals surface area contributed by atoms with Crippen LogP contribution in [0.1, 0.15) is 12.5 Å². The van der Waals surface area contributed by atoms with Gasteiger partial charge >= 0.3 is 0 Å². The smallest absolute Gasteiger partial charge is 0.272 e. The van der Waals surface area contributed by atoms with Gasteiger partial charge in [-0.15, -0.1) is 0 Å². The SMILES string of the molecule is COc1ccc(/C=C(/NC(C)=O)C(=O)Nc2cccc3ccccc23)cc1OC. The Morgan fingerprint density at radius 1 is 0.897 bits per heavy atom. The van der Waals surface area contributed by atoms with E-state index < -0.39 is 5.91 Å². The van der Waals surface area contributed by atoms with Gasteiger partial charge in [-0.05, 0) is 35.2 Å². The number of hydrogen-bond donors (Lipinski definition) is 2. The molecule has 0 saturated heterocycles. The van der Waals surface area contributed by atoms with Crippen LogP contribution >= 0.6 is 0 Å². The minimum atomic E-state index is -0.425. The van der Waals surface area contributed by atoms with Crippen molar-refractivity contribution in [1.29, 1.82) is 0 Å². The first-order valence-electron chi connectivity index (χ1n) is 9.02. The number of methoxy groups -OCH3 is 2. The molecule has 2 N–H and O–H groups in total. The molecular formula is C23H22N2O4. The van der Waals surface area contributed by atoms with Crippen LogP contribution in [0.5, 0.6) is 11.5 Å². The summed E-state index contributed by atoms with van der Waals surface area (Å²) in [5.41, 5.74) is 1.47. The summed E-state index contributed by atoms with van der Waals surface area (Å²) in [4.78, 5) is 24.6. The van der Waals surface area contributed by atoms with E-state index in [1.54, 1.807) is 31.4 Å². The van der Waals surface area contributed by atoms with Crippen LogP contribution in [0.25, 0.3) is 16.8 Å². The minimum Gasteiger partial charge on any atom is -0.493 e. The number of nitrogens with one attached hydrogen (secondary N) is 2. The van der Waals surface area contributed by atoms with Crippen molar-refractivity contribution < 1.29 is 19.1 Å². The van der Waals surface area contributed by atoms with Crippen LogP contribution in [0.2, 0.25) is 0 Å². The van der Waals surface area contributed by atoms with Crippen molar-refractivity contribution in [3.63, 3.8) is 0 Å². The van der Waals surface area contributed by atoms with E-state index >= 15 is 0 Å². The monoisotopic (exact) mass is 390 g/mol. The fraction of sp³-hybridized carbons (Fsp3) is 0.130. The van der Waals surface area contributed by atoms with Gasteiger partial charge in [0, 0.05) is 18.0 Å². The van der Waals surface area contributed by atoms with Gasteiger partial charge in [0.2, 0.25) is 5.91 Å². The zero-order valence-electron chi connectivity index (χ0n) is 16.5. The molecule has 3 rings (SSSR count). The first-order chi connectivity index (χ1) is 14.0. The van der Waals surface area contributed by atoms with E-state index in [2.05, 4.69) is 10.6 Å². The van der Waals surface area contributed by atoms with Crippen molar-refractivity contribution in [2.24, 2.45) is 0 Å². The molecule has 0 aliphatic rings. The third kappa shape index (κ3) is 4.73. The highest BCUT2D eigenvalue weighted by molar-refractivity contribution is 6.11. The molecule has 0 unspecified atom stereocenters. The number of anilines is 1. The Bertz CT molecular complexity index is 1080. The molecule has 0 aliphatic heterocycles. The van der Waals surface area contributed by atoms with E-state index in [0.29, 0.717) is 22.7 Å². The summed E-state index contributed by atoms with van der Waals surface area (Å²) < 4.78 is 10.5. The van der Waals surface area contributed by atoms with Crippen molar-refractivity contribution in [2.45, 2.75) is 6.92 Å². The van der Waals surface area contributed by atoms with Crippen LogP contribution in [-0.4, -0.2) is 26.0 Å². The molecular weight excluding hydrogens is 368 g/mol. The van der Waals surface area contributed by atoms with Gasteiger partial charge in [0.15, 0.2) is 11.5 Å². The highest BCUT2D eigenvalue weighted by Crippen LogP contribution is 2.28. The summed E-state index contributed by atoms with van der Waals surface area (Å²) in [6, 6.07) is 18.6. The molecule has 0 saturated carbocycles. The summed E-state index contributed by atoms with van der Waals surface area (Å²) >= 11 is 0. The predicted molar refractivity (Wildman–Crippen MR) is 114 cm³/mol. The molecule has 3 aromatic carbocycles. The zero-order valence-corrected chi connectivity index (χ0v) is 16.5. The maximum Gasteiger partial charge on any atom is 0.272 e. The van der Waals surface area contributed by atoms with Gasteiger partial charge < -0.3 is 20.1 Å². The lowest BCUT2D eigenvalue weighted by atomic mass is 10.1. The highest BCUT2D eigenvalue weighted by atomic mass is 16.5. The third-order valence-electron chi connectivity index (χ3n) is 4.31. The van der Waals surface area contributed by atoms with Crippen LogP contribution in [0.15, 0.2) is 66.4 Å². The molecule has 6 nitrogen and oxygen atoms in total. The van der Waals surface area contributed by atoms with Crippen molar-refractivity contribution in [3.8, 4) is 11.5 Å². The standard InChI is InChI=1S/C23H22N2O4/c1-15(26)24-20(13-16-11-12-21(28-2)22(14-16)29-3)23(27)25-19-10-6-8-17-7-4-5-9-18(17)19/h4-14H,1-3H3,(H,24,26)(H,25,27)/b20-13+. The Hall–Kier alpha value is -3.80. The predicted octanol–water partition coefficient (Wildman–Crippen LogP) is 3.97. The van der Waals surface area contributed by atoms with E-state index in [0.717, 1.165) is 10.8 Å². The van der Waals surface area contributed by atoms with E-state index in [1.165, 1.54) is 14.0 Å². The molecule has 0 fully saturated rings. The summed E-state index contributed by atoms with van der Waals surface area (Å²) in [7, 11) is 3.08. The van der Waals surface area contributed by atoms with Crippen LogP contribution < -0.4 is 20.1 Å². The fourth-order valence-electron chi connectivity index (χ4n) is 2.98. The zero-order chi connectivity index (χ0) is 20.8. The largest absolute Gasteiger partial charge is 0.493 e. The number of rotatable bonds is 6. The molecule has 0 spiro atoms. The van der Waals surface area contributed by atoms with Crippen LogP contribution in [0, 0.1) is 0 Å². The topological polar surface area (TPSA) is 76.7 Å². The van der Waals surface area contributed by atoms with Crippen molar-refractivity contribution >= 4 is 34.4 Å². The van der Waals surface area contributed by atoms with Gasteiger partial charge in [-0.1, -0.05) is 42.5 Å². The maximum absolute atomic E-state index is 12.9. The number of fused-ring (bicyclic) bond motifs is 1. The van der Waals surface area contributed by atoms with E-state index in [4.69, 9.17) is 9.47 Å². The second-order valence-electron chi connectivity index (χ2n) is 6.33. The molecule has 0 aliphatic carbocycles. The second kappa shape index (κ2) is 8.93. The van der Waals surface area contributed by atoms with Crippen molar-refractivity contribution in [3.05, 3.63) is 71.9 Å². The lowest BCUT2D eigenvalue weighted by Gasteiger charge is -2.12. The van der Waals surface area contributed by atoms with Gasteiger partial charge in [0.1, 0.15) is 5.70 Å². The Labute approximate surface area is 169 Å². The van der Waals surface area contributed by atoms with Gasteiger partial charge in [0.25, 0.3) is 5.91 Å². The van der Waals surface area contributed by atoms with Crippen molar-refractivity contribution in [2.75, 3.05) is 19.5 Å². The number of ether oxygens (including phenoxy) is 2. The number of benzene rings is 3. The average molecular weight is 390 g/mol. The Kier molecular flexibility index (Phi) is 6.14. The first kappa shape index (κ1) is 19.9. The van der Waals surface area contributed by atoms with Crippen LogP contribution in [-0.2, 0) is 9.59 Å². The Balaban J connectivity index is 1.95. The molecule has 0 bridgehead atoms. The van der Waals surface area contributed by atoms with Crippen molar-refractivity contribution in [1.82, 2.24) is 5.32 Å². The van der Waals surface area contributed by atoms with Crippen LogP contribution in [0.4, 0.5) is 5.69 Å². The molecule has 6 heteroatoms. The van der Waals surface area contributed by atoms with E-state index in [9.17, 15) is 9.59 Å². The average Bonchev–Trinajstić information content (AvgIpc) is 2.73. The van der Waals surface area contributed by atoms with E-state index in [1.807, 2.05) is 42.5 Å². The highest BCUT2D eigenvalue weighted by Gasteiger charge is 2.14. The Morgan fingerprint density at radius 3 is 2.34 bits per heavy atom. The molecule has 0 aromatic heterocycles. The molecule has 3 aromatic rings. The molecule has 0 heterocycles. The second-order valence-corrected chi connectivity index (χ2v) is 6.33. The van der Waals surface area contributed by atoms with Gasteiger partial charge in [-0.3, -0.25) is 9.59 Å². The quantitative estimate of drug-likeness (QED) is 0.625. The summed E-state index contributed by atoms with van der Waals surface area (Å²) in [6.07, 6.45) is 1.59. The molecule has 29 heavy (non-hydrogen) atoms. The summed E-state index contributed by atoms with van der Waals surface area (Å²) in [5.74, 6) is 0.333. The first-order valence-corrected chi connectivity index (χ1v) is 9.02. The maximum atomic E-state index is 12.9. The molecule has 148 valence electrons. The number of amides is 2. The van der Waals surface area contributed by atoms with E-state index in [-0.39, 0.29) is 11.6 Å². The number of hydrogen-bond acceptors (Lipinski definition) is 4. The minimum absolute atomic E-state index is 0.123. The summed E-state index contributed by atoms with van der Waals surface area (Å²) in [6.45, 7) is 1.35. The fourth-order valence-corrected chi connectivity index (χ4v) is 2.98. The number of carbonyl (C=O) groups is 2.